The first-order valence-electron chi connectivity index (χ1n) is 8.56. The van der Waals surface area contributed by atoms with Gasteiger partial charge >= 0.3 is 6.09 Å². The zero-order chi connectivity index (χ0) is 18.1. The van der Waals surface area contributed by atoms with Crippen molar-refractivity contribution in [1.29, 1.82) is 0 Å². The van der Waals surface area contributed by atoms with Crippen molar-refractivity contribution in [1.82, 2.24) is 20.0 Å². The fourth-order valence-corrected chi connectivity index (χ4v) is 2.16. The van der Waals surface area contributed by atoms with Crippen LogP contribution >= 0.6 is 0 Å². The largest absolute Gasteiger partial charge is 0.450 e. The average Bonchev–Trinajstić information content (AvgIpc) is 2.58. The van der Waals surface area contributed by atoms with Crippen LogP contribution in [-0.4, -0.2) is 92.1 Å². The number of piperazine rings is 1. The molecule has 2 amide bonds. The van der Waals surface area contributed by atoms with Crippen molar-refractivity contribution < 1.29 is 14.3 Å². The molecule has 8 heteroatoms. The monoisotopic (exact) mass is 341 g/mol. The van der Waals surface area contributed by atoms with E-state index in [2.05, 4.69) is 29.1 Å². The molecule has 0 aliphatic carbocycles. The second-order valence-electron chi connectivity index (χ2n) is 6.05. The van der Waals surface area contributed by atoms with E-state index >= 15 is 0 Å². The average molecular weight is 341 g/mol. The number of amides is 2. The van der Waals surface area contributed by atoms with Crippen LogP contribution in [0.4, 0.5) is 4.79 Å². The van der Waals surface area contributed by atoms with E-state index in [4.69, 9.17) is 4.74 Å². The van der Waals surface area contributed by atoms with E-state index < -0.39 is 0 Å². The number of nitrogens with zero attached hydrogens (tertiary/aromatic N) is 4. The Balaban J connectivity index is 2.69. The van der Waals surface area contributed by atoms with Crippen LogP contribution in [0.2, 0.25) is 0 Å². The first-order valence-corrected chi connectivity index (χ1v) is 8.56. The van der Waals surface area contributed by atoms with Gasteiger partial charge in [0.15, 0.2) is 5.96 Å². The SMILES string of the molecule is CCOC(=O)N1CCN(C(=NCC(=O)N(C)C)NC(C)CC)CC1. The van der Waals surface area contributed by atoms with Crippen LogP contribution in [0.25, 0.3) is 0 Å². The molecule has 1 saturated heterocycles. The summed E-state index contributed by atoms with van der Waals surface area (Å²) in [4.78, 5) is 33.4. The van der Waals surface area contributed by atoms with Gasteiger partial charge in [-0.15, -0.1) is 0 Å². The number of likely N-dealkylation sites (N-methyl/N-ethyl adjacent to an activating group) is 1. The number of ether oxygens (including phenoxy) is 1. The van der Waals surface area contributed by atoms with Gasteiger partial charge in [0.2, 0.25) is 5.91 Å². The molecule has 0 aromatic rings. The molecule has 0 spiro atoms. The molecule has 1 N–H and O–H groups in total. The van der Waals surface area contributed by atoms with Crippen LogP contribution in [0.1, 0.15) is 27.2 Å². The van der Waals surface area contributed by atoms with Gasteiger partial charge in [0, 0.05) is 46.3 Å². The second-order valence-corrected chi connectivity index (χ2v) is 6.05. The Labute approximate surface area is 144 Å². The third kappa shape index (κ3) is 6.25. The van der Waals surface area contributed by atoms with E-state index in [9.17, 15) is 9.59 Å². The first-order chi connectivity index (χ1) is 11.4. The minimum Gasteiger partial charge on any atom is -0.450 e. The molecule has 1 aliphatic rings. The van der Waals surface area contributed by atoms with E-state index in [1.807, 2.05) is 0 Å². The zero-order valence-electron chi connectivity index (χ0n) is 15.5. The first kappa shape index (κ1) is 20.1. The number of carbonyl (C=O) groups is 2. The molecule has 1 fully saturated rings. The lowest BCUT2D eigenvalue weighted by Gasteiger charge is -2.36. The van der Waals surface area contributed by atoms with Crippen LogP contribution in [0, 0.1) is 0 Å². The molecule has 0 saturated carbocycles. The second kappa shape index (κ2) is 10.00. The number of guanidine groups is 1. The Morgan fingerprint density at radius 1 is 1.17 bits per heavy atom. The lowest BCUT2D eigenvalue weighted by molar-refractivity contribution is -0.127. The number of carbonyl (C=O) groups excluding carboxylic acids is 2. The quantitative estimate of drug-likeness (QED) is 0.585. The van der Waals surface area contributed by atoms with Gasteiger partial charge in [0.25, 0.3) is 0 Å². The lowest BCUT2D eigenvalue weighted by atomic mass is 10.2. The minimum absolute atomic E-state index is 0.0383. The summed E-state index contributed by atoms with van der Waals surface area (Å²) in [7, 11) is 3.44. The van der Waals surface area contributed by atoms with Crippen molar-refractivity contribution in [3.05, 3.63) is 0 Å². The molecule has 0 aromatic heterocycles. The molecule has 1 unspecified atom stereocenters. The van der Waals surface area contributed by atoms with Crippen molar-refractivity contribution in [2.24, 2.45) is 4.99 Å². The maximum absolute atomic E-state index is 11.8. The lowest BCUT2D eigenvalue weighted by Crippen LogP contribution is -2.55. The highest BCUT2D eigenvalue weighted by Gasteiger charge is 2.24. The van der Waals surface area contributed by atoms with Crippen molar-refractivity contribution in [3.8, 4) is 0 Å². The summed E-state index contributed by atoms with van der Waals surface area (Å²) in [5, 5.41) is 3.37. The summed E-state index contributed by atoms with van der Waals surface area (Å²) in [5.41, 5.74) is 0. The highest BCUT2D eigenvalue weighted by molar-refractivity contribution is 5.85. The van der Waals surface area contributed by atoms with Crippen LogP contribution in [0.15, 0.2) is 4.99 Å². The van der Waals surface area contributed by atoms with E-state index in [1.165, 1.54) is 4.90 Å². The van der Waals surface area contributed by atoms with Crippen molar-refractivity contribution in [3.63, 3.8) is 0 Å². The molecule has 1 heterocycles. The third-order valence-electron chi connectivity index (χ3n) is 3.96. The summed E-state index contributed by atoms with van der Waals surface area (Å²) in [6, 6.07) is 0.265. The van der Waals surface area contributed by atoms with Gasteiger partial charge in [-0.25, -0.2) is 9.79 Å². The highest BCUT2D eigenvalue weighted by Crippen LogP contribution is 2.05. The fraction of sp³-hybridized carbons (Fsp3) is 0.812. The van der Waals surface area contributed by atoms with Crippen LogP contribution in [0.3, 0.4) is 0 Å². The highest BCUT2D eigenvalue weighted by atomic mass is 16.6. The van der Waals surface area contributed by atoms with Crippen LogP contribution < -0.4 is 5.32 Å². The van der Waals surface area contributed by atoms with E-state index in [1.54, 1.807) is 25.9 Å². The minimum atomic E-state index is -0.270. The molecule has 1 rings (SSSR count). The molecule has 1 aliphatic heterocycles. The number of hydrogen-bond donors (Lipinski definition) is 1. The van der Waals surface area contributed by atoms with Crippen LogP contribution in [0.5, 0.6) is 0 Å². The van der Waals surface area contributed by atoms with Gasteiger partial charge < -0.3 is 24.8 Å². The van der Waals surface area contributed by atoms with Crippen molar-refractivity contribution in [2.75, 3.05) is 53.4 Å². The standard InChI is InChI=1S/C16H31N5O3/c1-6-13(3)18-15(17-12-14(22)19(4)5)20-8-10-21(11-9-20)16(23)24-7-2/h13H,6-12H2,1-5H3,(H,17,18). The Bertz CT molecular complexity index is 445. The summed E-state index contributed by atoms with van der Waals surface area (Å²) in [5.74, 6) is 0.687. The molecule has 0 radical (unpaired) electrons. The van der Waals surface area contributed by atoms with Crippen molar-refractivity contribution in [2.45, 2.75) is 33.2 Å². The predicted octanol–water partition coefficient (Wildman–Crippen LogP) is 0.593. The van der Waals surface area contributed by atoms with E-state index in [-0.39, 0.29) is 24.6 Å². The molecule has 0 bridgehead atoms. The molecule has 138 valence electrons. The summed E-state index contributed by atoms with van der Waals surface area (Å²) < 4.78 is 5.04. The predicted molar refractivity (Wildman–Crippen MR) is 94.1 cm³/mol. The fourth-order valence-electron chi connectivity index (χ4n) is 2.16. The number of rotatable bonds is 5. The maximum atomic E-state index is 11.8. The van der Waals surface area contributed by atoms with Gasteiger partial charge in [0.05, 0.1) is 6.61 Å². The van der Waals surface area contributed by atoms with Crippen molar-refractivity contribution >= 4 is 18.0 Å². The normalized spacial score (nSPS) is 16.6. The molecule has 8 nitrogen and oxygen atoms in total. The smallest absolute Gasteiger partial charge is 0.409 e. The number of nitrogens with one attached hydrogen (secondary N) is 1. The summed E-state index contributed by atoms with van der Waals surface area (Å²) in [6.45, 7) is 8.98. The van der Waals surface area contributed by atoms with E-state index in [0.717, 1.165) is 12.4 Å². The Kier molecular flexibility index (Phi) is 8.35. The Morgan fingerprint density at radius 2 is 1.75 bits per heavy atom. The van der Waals surface area contributed by atoms with Crippen LogP contribution in [-0.2, 0) is 9.53 Å². The Hall–Kier alpha value is -1.99. The topological polar surface area (TPSA) is 77.5 Å². The van der Waals surface area contributed by atoms with Gasteiger partial charge in [-0.2, -0.15) is 0 Å². The Morgan fingerprint density at radius 3 is 2.25 bits per heavy atom. The summed E-state index contributed by atoms with van der Waals surface area (Å²) >= 11 is 0. The molecular weight excluding hydrogens is 310 g/mol. The van der Waals surface area contributed by atoms with Gasteiger partial charge in [-0.05, 0) is 20.3 Å². The molecule has 0 aromatic carbocycles. The number of aliphatic imine (C=N–C) groups is 1. The molecule has 24 heavy (non-hydrogen) atoms. The maximum Gasteiger partial charge on any atom is 0.409 e. The number of hydrogen-bond acceptors (Lipinski definition) is 4. The van der Waals surface area contributed by atoms with Gasteiger partial charge in [-0.3, -0.25) is 4.79 Å². The molecule has 1 atom stereocenters. The van der Waals surface area contributed by atoms with Gasteiger partial charge in [-0.1, -0.05) is 6.92 Å². The summed E-state index contributed by atoms with van der Waals surface area (Å²) in [6.07, 6.45) is 0.692. The van der Waals surface area contributed by atoms with E-state index in [0.29, 0.717) is 32.8 Å². The zero-order valence-corrected chi connectivity index (χ0v) is 15.5. The van der Waals surface area contributed by atoms with Gasteiger partial charge in [0.1, 0.15) is 6.54 Å². The third-order valence-corrected chi connectivity index (χ3v) is 3.96. The molecular formula is C16H31N5O3.